The topological polar surface area (TPSA) is 53.4 Å². The summed E-state index contributed by atoms with van der Waals surface area (Å²) in [6.45, 7) is 0. The van der Waals surface area contributed by atoms with Gasteiger partial charge in [0.05, 0.1) is 15.7 Å². The molecule has 6 heteroatoms. The predicted molar refractivity (Wildman–Crippen MR) is 68.0 cm³/mol. The normalized spacial score (nSPS) is 14.4. The summed E-state index contributed by atoms with van der Waals surface area (Å²) in [4.78, 5) is 16.6. The standard InChI is InChI=1S/C11H6BrClN2O2/c12-7-3-5-15(9(6-7)11(16)17)10-8(13)2-1-4-14-10/h1-2,4-6H,(H,16,17). The van der Waals surface area contributed by atoms with Crippen LogP contribution in [0.2, 0.25) is 5.02 Å². The summed E-state index contributed by atoms with van der Waals surface area (Å²) in [5.74, 6) is -0.711. The van der Waals surface area contributed by atoms with Crippen LogP contribution in [0, 0.1) is 0 Å². The van der Waals surface area contributed by atoms with E-state index in [1.807, 2.05) is 0 Å². The van der Waals surface area contributed by atoms with Gasteiger partial charge in [-0.1, -0.05) is 17.3 Å². The first kappa shape index (κ1) is 11.9. The first-order valence-electron chi connectivity index (χ1n) is 4.56. The first-order valence-corrected chi connectivity index (χ1v) is 5.74. The number of pyridine rings is 1. The van der Waals surface area contributed by atoms with Gasteiger partial charge in [0.1, 0.15) is 5.70 Å². The summed E-state index contributed by atoms with van der Waals surface area (Å²) in [7, 11) is 0. The molecule has 0 aliphatic carbocycles. The van der Waals surface area contributed by atoms with Crippen LogP contribution in [0.1, 0.15) is 0 Å². The van der Waals surface area contributed by atoms with E-state index in [0.29, 0.717) is 15.3 Å². The molecular formula is C11H6BrClN2O2. The average Bonchev–Trinajstić information content (AvgIpc) is 2.30. The zero-order valence-electron chi connectivity index (χ0n) is 8.39. The Kier molecular flexibility index (Phi) is 3.33. The van der Waals surface area contributed by atoms with E-state index in [1.54, 1.807) is 18.3 Å². The van der Waals surface area contributed by atoms with Crippen LogP contribution in [0.4, 0.5) is 5.82 Å². The van der Waals surface area contributed by atoms with E-state index in [9.17, 15) is 4.79 Å². The molecule has 0 aromatic carbocycles. The molecule has 2 heterocycles. The maximum absolute atomic E-state index is 11.1. The highest BCUT2D eigenvalue weighted by Crippen LogP contribution is 2.28. The third kappa shape index (κ3) is 2.42. The average molecular weight is 314 g/mol. The number of hydrogen-bond acceptors (Lipinski definition) is 3. The van der Waals surface area contributed by atoms with Crippen molar-refractivity contribution in [3.8, 4) is 0 Å². The number of nitrogens with zero attached hydrogens (tertiary/aromatic N) is 2. The Morgan fingerprint density at radius 3 is 3.00 bits per heavy atom. The fraction of sp³-hybridized carbons (Fsp3) is 0. The second-order valence-electron chi connectivity index (χ2n) is 3.13. The van der Waals surface area contributed by atoms with Gasteiger partial charge in [0.25, 0.3) is 0 Å². The summed E-state index contributed by atoms with van der Waals surface area (Å²) >= 11 is 9.14. The zero-order valence-corrected chi connectivity index (χ0v) is 10.7. The van der Waals surface area contributed by atoms with Gasteiger partial charge in [-0.2, -0.15) is 0 Å². The lowest BCUT2D eigenvalue weighted by atomic mass is 10.3. The quantitative estimate of drug-likeness (QED) is 0.853. The Balaban J connectivity index is 2.53. The molecule has 1 aliphatic rings. The van der Waals surface area contributed by atoms with E-state index in [-0.39, 0.29) is 5.70 Å². The van der Waals surface area contributed by atoms with Crippen LogP contribution >= 0.6 is 27.5 Å². The summed E-state index contributed by atoms with van der Waals surface area (Å²) in [6.07, 6.45) is 4.46. The van der Waals surface area contributed by atoms with E-state index in [0.717, 1.165) is 0 Å². The van der Waals surface area contributed by atoms with Crippen LogP contribution in [0.5, 0.6) is 0 Å². The van der Waals surface area contributed by atoms with Crippen molar-refractivity contribution in [3.05, 3.63) is 51.5 Å². The van der Waals surface area contributed by atoms with Gasteiger partial charge in [-0.05, 0) is 34.1 Å². The number of anilines is 1. The van der Waals surface area contributed by atoms with Gasteiger partial charge < -0.3 is 5.11 Å². The fourth-order valence-corrected chi connectivity index (χ4v) is 1.85. The van der Waals surface area contributed by atoms with Crippen LogP contribution in [0.25, 0.3) is 0 Å². The number of aliphatic carboxylic acids is 1. The van der Waals surface area contributed by atoms with E-state index in [4.69, 9.17) is 16.7 Å². The lowest BCUT2D eigenvalue weighted by molar-refractivity contribution is -0.132. The molecule has 0 amide bonds. The molecule has 1 aromatic rings. The van der Waals surface area contributed by atoms with Gasteiger partial charge in [-0.3, -0.25) is 4.90 Å². The smallest absolute Gasteiger partial charge is 0.352 e. The molecule has 0 saturated carbocycles. The van der Waals surface area contributed by atoms with Crippen molar-refractivity contribution < 1.29 is 9.90 Å². The molecule has 0 radical (unpaired) electrons. The van der Waals surface area contributed by atoms with Gasteiger partial charge in [0.15, 0.2) is 5.82 Å². The third-order valence-corrected chi connectivity index (χ3v) is 2.79. The van der Waals surface area contributed by atoms with Crippen LogP contribution in [-0.4, -0.2) is 16.1 Å². The second kappa shape index (κ2) is 4.75. The van der Waals surface area contributed by atoms with Crippen LogP contribution < -0.4 is 4.90 Å². The zero-order chi connectivity index (χ0) is 12.4. The third-order valence-electron chi connectivity index (χ3n) is 2.04. The maximum Gasteiger partial charge on any atom is 0.352 e. The minimum Gasteiger partial charge on any atom is -0.477 e. The van der Waals surface area contributed by atoms with Crippen molar-refractivity contribution in [2.75, 3.05) is 4.90 Å². The summed E-state index contributed by atoms with van der Waals surface area (Å²) in [6, 6.07) is 3.32. The first-order chi connectivity index (χ1) is 8.09. The van der Waals surface area contributed by atoms with Crippen molar-refractivity contribution in [1.82, 2.24) is 4.98 Å². The molecule has 2 rings (SSSR count). The Morgan fingerprint density at radius 1 is 1.59 bits per heavy atom. The van der Waals surface area contributed by atoms with Gasteiger partial charge in [-0.25, -0.2) is 9.78 Å². The predicted octanol–water partition coefficient (Wildman–Crippen LogP) is 2.91. The number of carbonyl (C=O) groups is 1. The lowest BCUT2D eigenvalue weighted by Gasteiger charge is -2.21. The molecule has 86 valence electrons. The van der Waals surface area contributed by atoms with Crippen LogP contribution in [0.3, 0.4) is 0 Å². The molecule has 0 unspecified atom stereocenters. The SMILES string of the molecule is O=C(O)C1=CC(Br)=C=CN1c1ncccc1Cl. The second-order valence-corrected chi connectivity index (χ2v) is 4.40. The summed E-state index contributed by atoms with van der Waals surface area (Å²) in [5.41, 5.74) is 2.89. The highest BCUT2D eigenvalue weighted by molar-refractivity contribution is 9.11. The molecule has 1 N–H and O–H groups in total. The minimum atomic E-state index is -1.07. The minimum absolute atomic E-state index is 0.0521. The highest BCUT2D eigenvalue weighted by Gasteiger charge is 2.21. The number of allylic oxidation sites excluding steroid dienone is 2. The Bertz CT molecular complexity index is 577. The van der Waals surface area contributed by atoms with E-state index in [2.05, 4.69) is 26.6 Å². The van der Waals surface area contributed by atoms with E-state index >= 15 is 0 Å². The van der Waals surface area contributed by atoms with Gasteiger partial charge in [0.2, 0.25) is 0 Å². The largest absolute Gasteiger partial charge is 0.477 e. The number of carboxylic acid groups (broad SMARTS) is 1. The van der Waals surface area contributed by atoms with E-state index in [1.165, 1.54) is 17.2 Å². The molecular weight excluding hydrogens is 307 g/mol. The Hall–Kier alpha value is -1.55. The van der Waals surface area contributed by atoms with Crippen molar-refractivity contribution >= 4 is 39.3 Å². The highest BCUT2D eigenvalue weighted by atomic mass is 79.9. The van der Waals surface area contributed by atoms with Crippen molar-refractivity contribution in [2.45, 2.75) is 0 Å². The van der Waals surface area contributed by atoms with Crippen LogP contribution in [0.15, 0.2) is 46.5 Å². The number of aromatic nitrogens is 1. The maximum atomic E-state index is 11.1. The number of carboxylic acids is 1. The number of rotatable bonds is 2. The van der Waals surface area contributed by atoms with Gasteiger partial charge in [0, 0.05) is 6.20 Å². The molecule has 17 heavy (non-hydrogen) atoms. The molecule has 4 nitrogen and oxygen atoms in total. The van der Waals surface area contributed by atoms with Gasteiger partial charge in [-0.15, -0.1) is 0 Å². The van der Waals surface area contributed by atoms with Crippen molar-refractivity contribution in [1.29, 1.82) is 0 Å². The Morgan fingerprint density at radius 2 is 2.35 bits per heavy atom. The molecule has 0 saturated heterocycles. The number of halogens is 2. The molecule has 0 atom stereocenters. The molecule has 0 bridgehead atoms. The molecule has 1 aliphatic heterocycles. The lowest BCUT2D eigenvalue weighted by Crippen LogP contribution is -2.24. The fourth-order valence-electron chi connectivity index (χ4n) is 1.32. The van der Waals surface area contributed by atoms with E-state index < -0.39 is 5.97 Å². The van der Waals surface area contributed by atoms with Gasteiger partial charge >= 0.3 is 5.97 Å². The molecule has 0 spiro atoms. The Labute approximate surface area is 111 Å². The summed E-state index contributed by atoms with van der Waals surface area (Å²) < 4.78 is 0.554. The number of hydrogen-bond donors (Lipinski definition) is 1. The van der Waals surface area contributed by atoms with Crippen molar-refractivity contribution in [3.63, 3.8) is 0 Å². The monoisotopic (exact) mass is 312 g/mol. The molecule has 0 fully saturated rings. The summed E-state index contributed by atoms with van der Waals surface area (Å²) in [5, 5.41) is 9.49. The van der Waals surface area contributed by atoms with Crippen molar-refractivity contribution in [2.24, 2.45) is 0 Å². The van der Waals surface area contributed by atoms with Crippen LogP contribution in [-0.2, 0) is 4.79 Å². The molecule has 1 aromatic heterocycles.